The van der Waals surface area contributed by atoms with Gasteiger partial charge in [0.05, 0.1) is 7.11 Å². The second-order valence-electron chi connectivity index (χ2n) is 4.98. The van der Waals surface area contributed by atoms with Crippen LogP contribution in [0.25, 0.3) is 0 Å². The third-order valence-corrected chi connectivity index (χ3v) is 3.84. The molecule has 20 heavy (non-hydrogen) atoms. The number of methoxy groups -OCH3 is 1. The number of aryl methyl sites for hydroxylation is 2. The van der Waals surface area contributed by atoms with Gasteiger partial charge in [-0.3, -0.25) is 0 Å². The Kier molecular flexibility index (Phi) is 5.05. The van der Waals surface area contributed by atoms with Crippen LogP contribution in [0.3, 0.4) is 0 Å². The zero-order chi connectivity index (χ0) is 14.5. The predicted molar refractivity (Wildman–Crippen MR) is 84.4 cm³/mol. The summed E-state index contributed by atoms with van der Waals surface area (Å²) in [4.78, 5) is 0. The monoisotopic (exact) mass is 289 g/mol. The van der Waals surface area contributed by atoms with E-state index in [1.54, 1.807) is 7.11 Å². The molecule has 2 rings (SSSR count). The fourth-order valence-electron chi connectivity index (χ4n) is 2.31. The molecular weight excluding hydrogens is 270 g/mol. The Morgan fingerprint density at radius 3 is 2.65 bits per heavy atom. The first-order valence-electron chi connectivity index (χ1n) is 6.75. The number of hydrogen-bond acceptors (Lipinski definition) is 2. The SMILES string of the molecule is COc1ccc(C)cc1C(N)CCc1ccccc1Cl. The van der Waals surface area contributed by atoms with E-state index < -0.39 is 0 Å². The summed E-state index contributed by atoms with van der Waals surface area (Å²) in [5.41, 5.74) is 9.69. The molecule has 1 unspecified atom stereocenters. The van der Waals surface area contributed by atoms with Crippen molar-refractivity contribution in [3.63, 3.8) is 0 Å². The molecule has 0 heterocycles. The van der Waals surface area contributed by atoms with Crippen molar-refractivity contribution in [2.24, 2.45) is 5.73 Å². The van der Waals surface area contributed by atoms with E-state index in [2.05, 4.69) is 13.0 Å². The first-order chi connectivity index (χ1) is 9.61. The van der Waals surface area contributed by atoms with Crippen molar-refractivity contribution >= 4 is 11.6 Å². The van der Waals surface area contributed by atoms with Gasteiger partial charge >= 0.3 is 0 Å². The molecule has 3 heteroatoms. The molecule has 2 N–H and O–H groups in total. The van der Waals surface area contributed by atoms with Crippen LogP contribution in [0.4, 0.5) is 0 Å². The van der Waals surface area contributed by atoms with Gasteiger partial charge in [0.15, 0.2) is 0 Å². The van der Waals surface area contributed by atoms with Crippen molar-refractivity contribution in [2.75, 3.05) is 7.11 Å². The van der Waals surface area contributed by atoms with Crippen LogP contribution in [-0.2, 0) is 6.42 Å². The van der Waals surface area contributed by atoms with Crippen LogP contribution in [-0.4, -0.2) is 7.11 Å². The molecule has 1 atom stereocenters. The smallest absolute Gasteiger partial charge is 0.123 e. The third-order valence-electron chi connectivity index (χ3n) is 3.47. The molecule has 0 bridgehead atoms. The van der Waals surface area contributed by atoms with Crippen molar-refractivity contribution in [3.05, 3.63) is 64.2 Å². The molecule has 0 radical (unpaired) electrons. The van der Waals surface area contributed by atoms with Gasteiger partial charge in [-0.1, -0.05) is 47.5 Å². The predicted octanol–water partition coefficient (Wildman–Crippen LogP) is 4.29. The summed E-state index contributed by atoms with van der Waals surface area (Å²) in [7, 11) is 1.68. The minimum Gasteiger partial charge on any atom is -0.496 e. The van der Waals surface area contributed by atoms with E-state index in [0.29, 0.717) is 0 Å². The van der Waals surface area contributed by atoms with Crippen LogP contribution in [0.5, 0.6) is 5.75 Å². The minimum absolute atomic E-state index is 0.0545. The highest BCUT2D eigenvalue weighted by Crippen LogP contribution is 2.28. The van der Waals surface area contributed by atoms with Gasteiger partial charge < -0.3 is 10.5 Å². The van der Waals surface area contributed by atoms with Crippen molar-refractivity contribution in [1.29, 1.82) is 0 Å². The van der Waals surface area contributed by atoms with E-state index in [9.17, 15) is 0 Å². The summed E-state index contributed by atoms with van der Waals surface area (Å²) in [6.07, 6.45) is 1.70. The summed E-state index contributed by atoms with van der Waals surface area (Å²) < 4.78 is 5.39. The number of rotatable bonds is 5. The summed E-state index contributed by atoms with van der Waals surface area (Å²) in [5, 5.41) is 0.802. The first-order valence-corrected chi connectivity index (χ1v) is 7.13. The lowest BCUT2D eigenvalue weighted by molar-refractivity contribution is 0.404. The second-order valence-corrected chi connectivity index (χ2v) is 5.39. The van der Waals surface area contributed by atoms with E-state index in [1.165, 1.54) is 5.56 Å². The zero-order valence-corrected chi connectivity index (χ0v) is 12.7. The van der Waals surface area contributed by atoms with Gasteiger partial charge in [0, 0.05) is 16.6 Å². The Morgan fingerprint density at radius 1 is 1.20 bits per heavy atom. The molecule has 0 saturated carbocycles. The van der Waals surface area contributed by atoms with Crippen LogP contribution < -0.4 is 10.5 Å². The van der Waals surface area contributed by atoms with Gasteiger partial charge in [-0.15, -0.1) is 0 Å². The number of nitrogens with two attached hydrogens (primary N) is 1. The summed E-state index contributed by atoms with van der Waals surface area (Å²) >= 11 is 6.17. The molecular formula is C17H20ClNO. The maximum atomic E-state index is 6.32. The van der Waals surface area contributed by atoms with E-state index in [0.717, 1.165) is 34.7 Å². The maximum Gasteiger partial charge on any atom is 0.123 e. The van der Waals surface area contributed by atoms with E-state index in [1.807, 2.05) is 36.4 Å². The second kappa shape index (κ2) is 6.78. The lowest BCUT2D eigenvalue weighted by Gasteiger charge is -2.16. The topological polar surface area (TPSA) is 35.2 Å². The molecule has 2 aromatic rings. The average molecular weight is 290 g/mol. The van der Waals surface area contributed by atoms with E-state index in [4.69, 9.17) is 22.1 Å². The maximum absolute atomic E-state index is 6.32. The molecule has 0 spiro atoms. The van der Waals surface area contributed by atoms with Crippen LogP contribution in [0, 0.1) is 6.92 Å². The first kappa shape index (κ1) is 14.9. The molecule has 0 aliphatic carbocycles. The normalized spacial score (nSPS) is 12.2. The lowest BCUT2D eigenvalue weighted by atomic mass is 9.97. The fourth-order valence-corrected chi connectivity index (χ4v) is 2.54. The van der Waals surface area contributed by atoms with Gasteiger partial charge in [-0.2, -0.15) is 0 Å². The number of hydrogen-bond donors (Lipinski definition) is 1. The highest BCUT2D eigenvalue weighted by Gasteiger charge is 2.13. The summed E-state index contributed by atoms with van der Waals surface area (Å²) in [6, 6.07) is 13.9. The van der Waals surface area contributed by atoms with Crippen LogP contribution in [0.15, 0.2) is 42.5 Å². The van der Waals surface area contributed by atoms with Gasteiger partial charge in [0.25, 0.3) is 0 Å². The molecule has 0 aliphatic rings. The minimum atomic E-state index is -0.0545. The van der Waals surface area contributed by atoms with Crippen molar-refractivity contribution in [3.8, 4) is 5.75 Å². The highest BCUT2D eigenvalue weighted by molar-refractivity contribution is 6.31. The zero-order valence-electron chi connectivity index (χ0n) is 11.9. The number of ether oxygens (including phenoxy) is 1. The molecule has 0 fully saturated rings. The average Bonchev–Trinajstić information content (AvgIpc) is 2.46. The number of benzene rings is 2. The van der Waals surface area contributed by atoms with Crippen molar-refractivity contribution in [2.45, 2.75) is 25.8 Å². The quantitative estimate of drug-likeness (QED) is 0.891. The number of halogens is 1. The van der Waals surface area contributed by atoms with Gasteiger partial charge in [0.2, 0.25) is 0 Å². The van der Waals surface area contributed by atoms with Crippen molar-refractivity contribution < 1.29 is 4.74 Å². The molecule has 0 amide bonds. The Hall–Kier alpha value is -1.51. The largest absolute Gasteiger partial charge is 0.496 e. The Morgan fingerprint density at radius 2 is 1.95 bits per heavy atom. The highest BCUT2D eigenvalue weighted by atomic mass is 35.5. The third kappa shape index (κ3) is 3.53. The molecule has 0 aliphatic heterocycles. The molecule has 0 saturated heterocycles. The summed E-state index contributed by atoms with van der Waals surface area (Å²) in [6.45, 7) is 2.06. The van der Waals surface area contributed by atoms with Gasteiger partial charge in [0.1, 0.15) is 5.75 Å². The van der Waals surface area contributed by atoms with Crippen LogP contribution in [0.2, 0.25) is 5.02 Å². The lowest BCUT2D eigenvalue weighted by Crippen LogP contribution is -2.13. The Labute approximate surface area is 125 Å². The van der Waals surface area contributed by atoms with E-state index >= 15 is 0 Å². The molecule has 2 nitrogen and oxygen atoms in total. The van der Waals surface area contributed by atoms with E-state index in [-0.39, 0.29) is 6.04 Å². The molecule has 2 aromatic carbocycles. The Bertz CT molecular complexity index is 583. The van der Waals surface area contributed by atoms with Crippen LogP contribution >= 0.6 is 11.6 Å². The molecule has 0 aromatic heterocycles. The summed E-state index contributed by atoms with van der Waals surface area (Å²) in [5.74, 6) is 0.849. The fraction of sp³-hybridized carbons (Fsp3) is 0.294. The van der Waals surface area contributed by atoms with Gasteiger partial charge in [-0.05, 0) is 37.5 Å². The van der Waals surface area contributed by atoms with Gasteiger partial charge in [-0.25, -0.2) is 0 Å². The van der Waals surface area contributed by atoms with Crippen LogP contribution in [0.1, 0.15) is 29.2 Å². The Balaban J connectivity index is 2.11. The standard InChI is InChI=1S/C17H20ClNO/c1-12-7-10-17(20-2)14(11-12)16(19)9-8-13-5-3-4-6-15(13)18/h3-7,10-11,16H,8-9,19H2,1-2H3. The molecule has 106 valence electrons. The van der Waals surface area contributed by atoms with Crippen molar-refractivity contribution in [1.82, 2.24) is 0 Å².